The lowest BCUT2D eigenvalue weighted by atomic mass is 10.1. The molecule has 17 nitrogen and oxygen atoms in total. The molecule has 2 fully saturated rings. The Morgan fingerprint density at radius 1 is 1.29 bits per heavy atom. The first-order chi connectivity index (χ1) is 19.9. The van der Waals surface area contributed by atoms with Gasteiger partial charge in [0.05, 0.1) is 24.9 Å². The van der Waals surface area contributed by atoms with Crippen LogP contribution in [0.2, 0.25) is 0 Å². The molecule has 6 rings (SSSR count). The molecular weight excluding hydrogens is 607 g/mol. The van der Waals surface area contributed by atoms with Crippen LogP contribution in [0.3, 0.4) is 0 Å². The van der Waals surface area contributed by atoms with Crippen molar-refractivity contribution in [2.75, 3.05) is 31.3 Å². The first kappa shape index (κ1) is 28.9. The second kappa shape index (κ2) is 10.5. The van der Waals surface area contributed by atoms with Crippen LogP contribution < -0.4 is 17.0 Å². The number of halogens is 2. The molecule has 8 atom stereocenters. The minimum absolute atomic E-state index is 0.0841. The number of aromatic amines is 1. The Hall–Kier alpha value is -3.20. The molecule has 2 aliphatic heterocycles. The lowest BCUT2D eigenvalue weighted by Gasteiger charge is -2.28. The average molecular weight is 632 g/mol. The number of rotatable bonds is 8. The molecule has 6 heterocycles. The summed E-state index contributed by atoms with van der Waals surface area (Å²) in [4.78, 5) is 41.1. The molecule has 0 bridgehead atoms. The van der Waals surface area contributed by atoms with E-state index in [2.05, 4.69) is 24.9 Å². The van der Waals surface area contributed by atoms with Crippen molar-refractivity contribution in [1.29, 1.82) is 0 Å². The third-order valence-electron chi connectivity index (χ3n) is 7.04. The van der Waals surface area contributed by atoms with E-state index in [0.29, 0.717) is 5.39 Å². The van der Waals surface area contributed by atoms with Crippen molar-refractivity contribution in [2.45, 2.75) is 42.6 Å². The van der Waals surface area contributed by atoms with Crippen molar-refractivity contribution in [2.24, 2.45) is 0 Å². The number of hydrogen-bond acceptors (Lipinski definition) is 14. The topological polar surface area (TPSA) is 244 Å². The highest BCUT2D eigenvalue weighted by molar-refractivity contribution is 8.07. The molecule has 2 unspecified atom stereocenters. The Labute approximate surface area is 238 Å². The highest BCUT2D eigenvalue weighted by atomic mass is 32.5. The Bertz CT molecular complexity index is 1760. The number of ether oxygens (including phenoxy) is 2. The third-order valence-corrected chi connectivity index (χ3v) is 8.60. The van der Waals surface area contributed by atoms with E-state index in [4.69, 9.17) is 41.8 Å². The Morgan fingerprint density at radius 3 is 2.83 bits per heavy atom. The largest absolute Gasteiger partial charge is 0.394 e. The van der Waals surface area contributed by atoms with Crippen LogP contribution in [0.1, 0.15) is 6.23 Å². The summed E-state index contributed by atoms with van der Waals surface area (Å²) < 4.78 is 55.3. The summed E-state index contributed by atoms with van der Waals surface area (Å²) in [6, 6.07) is 1.49. The fourth-order valence-corrected chi connectivity index (χ4v) is 6.37. The minimum atomic E-state index is -4.33. The van der Waals surface area contributed by atoms with Crippen LogP contribution in [0.5, 0.6) is 0 Å². The fraction of sp³-hybridized carbons (Fsp3) is 0.476. The highest BCUT2D eigenvalue weighted by Crippen LogP contribution is 2.51. The monoisotopic (exact) mass is 631 g/mol. The maximum absolute atomic E-state index is 16.0. The molecule has 4 aromatic heterocycles. The maximum Gasteiger partial charge on any atom is 0.325 e. The number of fused-ring (bicyclic) bond motifs is 2. The van der Waals surface area contributed by atoms with Crippen molar-refractivity contribution in [3.63, 3.8) is 0 Å². The van der Waals surface area contributed by atoms with Gasteiger partial charge >= 0.3 is 6.72 Å². The Kier molecular flexibility index (Phi) is 7.23. The first-order valence-corrected chi connectivity index (χ1v) is 14.9. The average Bonchev–Trinajstić information content (AvgIpc) is 3.70. The minimum Gasteiger partial charge on any atom is -0.394 e. The number of aromatic nitrogens is 7. The van der Waals surface area contributed by atoms with E-state index in [0.717, 1.165) is 21.8 Å². The summed E-state index contributed by atoms with van der Waals surface area (Å²) in [7, 11) is 0. The number of nitrogens with one attached hydrogen (secondary N) is 1. The second-order valence-electron chi connectivity index (χ2n) is 9.60. The van der Waals surface area contributed by atoms with Gasteiger partial charge in [0.25, 0.3) is 5.56 Å². The zero-order chi connectivity index (χ0) is 30.0. The fourth-order valence-electron chi connectivity index (χ4n) is 4.97. The molecule has 21 heteroatoms. The molecule has 2 aliphatic rings. The Balaban J connectivity index is 1.19. The molecule has 0 saturated carbocycles. The zero-order valence-corrected chi connectivity index (χ0v) is 22.9. The smallest absolute Gasteiger partial charge is 0.325 e. The number of hydrogen-bond donors (Lipinski definition) is 6. The van der Waals surface area contributed by atoms with Crippen molar-refractivity contribution in [3.8, 4) is 0 Å². The number of imidazole rings is 1. The SMILES string of the molecule is Nc1nc2c(ncn2[C@@H]2O[C@H](CO)[C@@H](F)[C@H]2OP(O)(=S)OC[C@H]2OCC(F)(n3ccc4c(N)ncnc43)[C@@H]2O)c(=O)[nH]1. The number of nitrogens with zero attached hydrogens (tertiary/aromatic N) is 6. The van der Waals surface area contributed by atoms with Gasteiger partial charge in [-0.15, -0.1) is 0 Å². The molecule has 2 saturated heterocycles. The van der Waals surface area contributed by atoms with E-state index in [1.54, 1.807) is 0 Å². The summed E-state index contributed by atoms with van der Waals surface area (Å²) in [6.45, 7) is -6.35. The predicted molar refractivity (Wildman–Crippen MR) is 143 cm³/mol. The van der Waals surface area contributed by atoms with Crippen LogP contribution in [0, 0.1) is 0 Å². The number of anilines is 2. The molecule has 4 aromatic rings. The summed E-state index contributed by atoms with van der Waals surface area (Å²) in [5.74, 6) is -2.63. The molecular formula is C21H24F2N9O8PS. The van der Waals surface area contributed by atoms with E-state index in [-0.39, 0.29) is 28.6 Å². The summed E-state index contributed by atoms with van der Waals surface area (Å²) in [5, 5.41) is 20.8. The number of alkyl halides is 2. The molecule has 0 spiro atoms. The van der Waals surface area contributed by atoms with Crippen molar-refractivity contribution < 1.29 is 42.4 Å². The van der Waals surface area contributed by atoms with E-state index in [9.17, 15) is 19.9 Å². The van der Waals surface area contributed by atoms with Gasteiger partial charge in [-0.1, -0.05) is 0 Å². The van der Waals surface area contributed by atoms with Gasteiger partial charge in [-0.2, -0.15) is 4.98 Å². The van der Waals surface area contributed by atoms with Gasteiger partial charge in [-0.3, -0.25) is 23.4 Å². The summed E-state index contributed by atoms with van der Waals surface area (Å²) in [6.07, 6.45) is -6.08. The van der Waals surface area contributed by atoms with Crippen LogP contribution in [-0.4, -0.2) is 99.6 Å². The molecule has 0 aliphatic carbocycles. The van der Waals surface area contributed by atoms with E-state index >= 15 is 8.78 Å². The predicted octanol–water partition coefficient (Wildman–Crippen LogP) is -1.04. The summed E-state index contributed by atoms with van der Waals surface area (Å²) in [5.41, 5.74) is 10.7. The standard InChI is InChI=1S/C21H24F2N9O8PS/c22-11-9(3-33)39-19(31-7-28-12-17(31)29-20(25)30-18(12)35)13(11)40-41(36,42)38-4-10-14(34)21(23,5-37-10)32-2-1-8-15(24)26-6-27-16(8)32/h1-2,6-7,9-11,13-14,19,33-34H,3-5H2,(H,36,42)(H2,24,26,27)(H3,25,29,30,35)/t9-,10-,11-,13-,14-,19-,21?,41?/m1/s1. The van der Waals surface area contributed by atoms with Crippen molar-refractivity contribution in [1.82, 2.24) is 34.1 Å². The number of aliphatic hydroxyl groups is 2. The number of H-pyrrole nitrogens is 1. The van der Waals surface area contributed by atoms with Gasteiger partial charge in [0.15, 0.2) is 23.6 Å². The van der Waals surface area contributed by atoms with Crippen LogP contribution >= 0.6 is 6.72 Å². The van der Waals surface area contributed by atoms with Crippen molar-refractivity contribution >= 4 is 52.5 Å². The van der Waals surface area contributed by atoms with Crippen LogP contribution in [0.15, 0.2) is 29.7 Å². The lowest BCUT2D eigenvalue weighted by Crippen LogP contribution is -2.43. The molecule has 8 N–H and O–H groups in total. The van der Waals surface area contributed by atoms with Crippen LogP contribution in [0.4, 0.5) is 20.5 Å². The normalized spacial score (nSPS) is 31.3. The number of nitrogens with two attached hydrogens (primary N) is 2. The molecule has 42 heavy (non-hydrogen) atoms. The Morgan fingerprint density at radius 2 is 2.07 bits per heavy atom. The van der Waals surface area contributed by atoms with Gasteiger partial charge in [0, 0.05) is 6.20 Å². The quantitative estimate of drug-likeness (QED) is 0.127. The molecule has 0 amide bonds. The van der Waals surface area contributed by atoms with Gasteiger partial charge < -0.3 is 40.6 Å². The van der Waals surface area contributed by atoms with E-state index < -0.39 is 74.7 Å². The lowest BCUT2D eigenvalue weighted by molar-refractivity contribution is -0.0529. The first-order valence-electron chi connectivity index (χ1n) is 12.3. The summed E-state index contributed by atoms with van der Waals surface area (Å²) >= 11 is 5.07. The van der Waals surface area contributed by atoms with Gasteiger partial charge in [-0.05, 0) is 17.9 Å². The van der Waals surface area contributed by atoms with Crippen LogP contribution in [-0.2, 0) is 36.1 Å². The maximum atomic E-state index is 16.0. The zero-order valence-electron chi connectivity index (χ0n) is 21.2. The van der Waals surface area contributed by atoms with E-state index in [1.165, 1.54) is 12.3 Å². The molecule has 0 aromatic carbocycles. The van der Waals surface area contributed by atoms with Crippen molar-refractivity contribution in [3.05, 3.63) is 35.3 Å². The molecule has 0 radical (unpaired) electrons. The third kappa shape index (κ3) is 4.74. The highest BCUT2D eigenvalue weighted by Gasteiger charge is 2.53. The van der Waals surface area contributed by atoms with Gasteiger partial charge in [-0.25, -0.2) is 23.7 Å². The molecule has 226 valence electrons. The van der Waals surface area contributed by atoms with Gasteiger partial charge in [0.1, 0.15) is 48.8 Å². The second-order valence-corrected chi connectivity index (χ2v) is 12.4. The van der Waals surface area contributed by atoms with Gasteiger partial charge in [0.2, 0.25) is 11.7 Å². The number of nitrogen functional groups attached to an aromatic ring is 2. The van der Waals surface area contributed by atoms with Crippen LogP contribution in [0.25, 0.3) is 22.2 Å². The number of aliphatic hydroxyl groups excluding tert-OH is 2. The van der Waals surface area contributed by atoms with E-state index in [1.807, 2.05) is 0 Å².